The summed E-state index contributed by atoms with van der Waals surface area (Å²) in [6.07, 6.45) is 2.45. The second-order valence-electron chi connectivity index (χ2n) is 7.03. The summed E-state index contributed by atoms with van der Waals surface area (Å²) in [5.74, 6) is -0.500. The minimum atomic E-state index is -0.505. The summed E-state index contributed by atoms with van der Waals surface area (Å²) in [7, 11) is 0. The third-order valence-electron chi connectivity index (χ3n) is 4.59. The summed E-state index contributed by atoms with van der Waals surface area (Å²) < 4.78 is 6.36. The van der Waals surface area contributed by atoms with Crippen LogP contribution in [0, 0.1) is 0 Å². The zero-order valence-electron chi connectivity index (χ0n) is 17.2. The molecule has 0 saturated carbocycles. The molecule has 162 valence electrons. The summed E-state index contributed by atoms with van der Waals surface area (Å²) in [4.78, 5) is 36.3. The third kappa shape index (κ3) is 6.42. The van der Waals surface area contributed by atoms with E-state index in [1.54, 1.807) is 30.3 Å². The molecule has 8 heteroatoms. The van der Waals surface area contributed by atoms with Crippen LogP contribution in [-0.2, 0) is 4.79 Å². The first kappa shape index (κ1) is 22.6. The number of carbonyl (C=O) groups excluding carboxylic acids is 2. The summed E-state index contributed by atoms with van der Waals surface area (Å²) in [5, 5.41) is 9.22. The molecule has 0 saturated heterocycles. The monoisotopic (exact) mass is 485 g/mol. The van der Waals surface area contributed by atoms with Crippen LogP contribution in [0.5, 0.6) is 0 Å². The molecule has 0 spiro atoms. The number of nitrogens with one attached hydrogen (secondary N) is 3. The Hall–Kier alpha value is -3.13. The molecule has 0 radical (unpaired) electrons. The molecule has 3 N–H and O–H groups in total. The van der Waals surface area contributed by atoms with Gasteiger partial charge in [-0.2, -0.15) is 0 Å². The highest BCUT2D eigenvalue weighted by Crippen LogP contribution is 2.19. The molecule has 31 heavy (non-hydrogen) atoms. The van der Waals surface area contributed by atoms with Gasteiger partial charge in [0.25, 0.3) is 5.91 Å². The zero-order valence-corrected chi connectivity index (χ0v) is 18.8. The molecule has 3 rings (SSSR count). The van der Waals surface area contributed by atoms with E-state index in [0.29, 0.717) is 36.2 Å². The fourth-order valence-electron chi connectivity index (χ4n) is 2.94. The Kier molecular flexibility index (Phi) is 7.83. The summed E-state index contributed by atoms with van der Waals surface area (Å²) in [5.41, 5.74) is 1.50. The molecule has 7 nitrogen and oxygen atoms in total. The molecule has 0 aliphatic rings. The quantitative estimate of drug-likeness (QED) is 0.386. The predicted octanol–water partition coefficient (Wildman–Crippen LogP) is 4.53. The second-order valence-corrected chi connectivity index (χ2v) is 7.94. The fourth-order valence-corrected chi connectivity index (χ4v) is 3.28. The summed E-state index contributed by atoms with van der Waals surface area (Å²) in [6.45, 7) is 3.19. The second kappa shape index (κ2) is 10.8. The van der Waals surface area contributed by atoms with Gasteiger partial charge < -0.3 is 20.4 Å². The number of rotatable bonds is 9. The van der Waals surface area contributed by atoms with Gasteiger partial charge in [-0.05, 0) is 48.9 Å². The highest BCUT2D eigenvalue weighted by Gasteiger charge is 2.13. The largest absolute Gasteiger partial charge is 0.451 e. The van der Waals surface area contributed by atoms with Gasteiger partial charge in [0.2, 0.25) is 5.91 Å². The van der Waals surface area contributed by atoms with E-state index in [4.69, 9.17) is 4.42 Å². The van der Waals surface area contributed by atoms with E-state index in [9.17, 15) is 14.4 Å². The third-order valence-corrected chi connectivity index (χ3v) is 5.08. The van der Waals surface area contributed by atoms with Gasteiger partial charge in [-0.25, -0.2) is 0 Å². The van der Waals surface area contributed by atoms with Crippen LogP contribution in [0.15, 0.2) is 62.2 Å². The molecule has 1 aromatic heterocycles. The molecular weight excluding hydrogens is 462 g/mol. The topological polar surface area (TPSA) is 100 Å². The Morgan fingerprint density at radius 2 is 1.74 bits per heavy atom. The Labute approximate surface area is 188 Å². The molecule has 0 unspecified atom stereocenters. The first-order valence-electron chi connectivity index (χ1n) is 10.1. The van der Waals surface area contributed by atoms with Crippen molar-refractivity contribution in [1.82, 2.24) is 5.32 Å². The first-order valence-corrected chi connectivity index (χ1v) is 10.9. The lowest BCUT2D eigenvalue weighted by atomic mass is 10.2. The minimum Gasteiger partial charge on any atom is -0.451 e. The van der Waals surface area contributed by atoms with Crippen molar-refractivity contribution >= 4 is 50.1 Å². The van der Waals surface area contributed by atoms with Crippen LogP contribution in [0.2, 0.25) is 0 Å². The van der Waals surface area contributed by atoms with Gasteiger partial charge >= 0.3 is 0 Å². The average molecular weight is 486 g/mol. The molecule has 0 aliphatic carbocycles. The van der Waals surface area contributed by atoms with Crippen molar-refractivity contribution in [3.05, 3.63) is 69.0 Å². The van der Waals surface area contributed by atoms with Crippen molar-refractivity contribution in [2.75, 3.05) is 23.7 Å². The number of hydrogen-bond acceptors (Lipinski definition) is 5. The molecule has 2 aromatic carbocycles. The van der Waals surface area contributed by atoms with Crippen molar-refractivity contribution in [2.24, 2.45) is 0 Å². The number of hydrogen-bond donors (Lipinski definition) is 3. The average Bonchev–Trinajstić information content (AvgIpc) is 2.76. The summed E-state index contributed by atoms with van der Waals surface area (Å²) >= 11 is 3.33. The number of halogens is 1. The molecule has 3 aromatic rings. The Morgan fingerprint density at radius 1 is 1.00 bits per heavy atom. The lowest BCUT2D eigenvalue weighted by Crippen LogP contribution is -2.28. The van der Waals surface area contributed by atoms with Crippen molar-refractivity contribution < 1.29 is 14.0 Å². The van der Waals surface area contributed by atoms with E-state index in [0.717, 1.165) is 23.0 Å². The van der Waals surface area contributed by atoms with Gasteiger partial charge in [0.1, 0.15) is 5.58 Å². The van der Waals surface area contributed by atoms with E-state index < -0.39 is 5.91 Å². The molecule has 0 atom stereocenters. The Bertz CT molecular complexity index is 1130. The summed E-state index contributed by atoms with van der Waals surface area (Å²) in [6, 6.07) is 13.4. The van der Waals surface area contributed by atoms with Crippen LogP contribution in [0.3, 0.4) is 0 Å². The van der Waals surface area contributed by atoms with Crippen LogP contribution in [0.25, 0.3) is 11.0 Å². The number of amides is 2. The van der Waals surface area contributed by atoms with Crippen molar-refractivity contribution in [3.63, 3.8) is 0 Å². The van der Waals surface area contributed by atoms with Gasteiger partial charge in [-0.15, -0.1) is 0 Å². The number of anilines is 2. The maximum Gasteiger partial charge on any atom is 0.291 e. The lowest BCUT2D eigenvalue weighted by molar-refractivity contribution is -0.121. The van der Waals surface area contributed by atoms with Crippen molar-refractivity contribution in [2.45, 2.75) is 26.2 Å². The molecule has 0 aliphatic heterocycles. The van der Waals surface area contributed by atoms with Crippen molar-refractivity contribution in [1.29, 1.82) is 0 Å². The highest BCUT2D eigenvalue weighted by atomic mass is 79.9. The predicted molar refractivity (Wildman–Crippen MR) is 126 cm³/mol. The Balaban J connectivity index is 1.55. The Morgan fingerprint density at radius 3 is 2.48 bits per heavy atom. The smallest absolute Gasteiger partial charge is 0.291 e. The van der Waals surface area contributed by atoms with Gasteiger partial charge in [0, 0.05) is 41.4 Å². The van der Waals surface area contributed by atoms with E-state index in [1.165, 1.54) is 6.07 Å². The number of carbonyl (C=O) groups is 2. The highest BCUT2D eigenvalue weighted by molar-refractivity contribution is 9.10. The number of benzene rings is 2. The van der Waals surface area contributed by atoms with Gasteiger partial charge in [-0.3, -0.25) is 14.4 Å². The number of unbranched alkanes of at least 4 members (excludes halogenated alkanes) is 1. The molecule has 0 fully saturated rings. The molecule has 1 heterocycles. The number of fused-ring (bicyclic) bond motifs is 1. The molecular formula is C23H24BrN3O4. The molecule has 2 amide bonds. The normalized spacial score (nSPS) is 10.6. The standard InChI is InChI=1S/C23H24BrN3O4/c1-2-3-4-22(29)26-12-11-25-16-6-8-17(9-7-16)27-23(30)21-14-19(28)18-10-5-15(24)13-20(18)31-21/h5-10,13-14,25H,2-4,11-12H2,1H3,(H,26,29)(H,27,30). The van der Waals surface area contributed by atoms with Crippen LogP contribution < -0.4 is 21.4 Å². The molecule has 0 bridgehead atoms. The van der Waals surface area contributed by atoms with Gasteiger partial charge in [0.15, 0.2) is 11.2 Å². The zero-order chi connectivity index (χ0) is 22.2. The maximum absolute atomic E-state index is 12.5. The minimum absolute atomic E-state index is 0.0587. The van der Waals surface area contributed by atoms with Crippen LogP contribution in [0.4, 0.5) is 11.4 Å². The van der Waals surface area contributed by atoms with Crippen LogP contribution >= 0.6 is 15.9 Å². The lowest BCUT2D eigenvalue weighted by Gasteiger charge is -2.09. The van der Waals surface area contributed by atoms with E-state index in [1.807, 2.05) is 12.1 Å². The SMILES string of the molecule is CCCCC(=O)NCCNc1ccc(NC(=O)c2cc(=O)c3ccc(Br)cc3o2)cc1. The van der Waals surface area contributed by atoms with Crippen molar-refractivity contribution in [3.8, 4) is 0 Å². The fraction of sp³-hybridized carbons (Fsp3) is 0.261. The van der Waals surface area contributed by atoms with Gasteiger partial charge in [-0.1, -0.05) is 29.3 Å². The van der Waals surface area contributed by atoms with E-state index >= 15 is 0 Å². The maximum atomic E-state index is 12.5. The first-order chi connectivity index (χ1) is 15.0. The van der Waals surface area contributed by atoms with E-state index in [2.05, 4.69) is 38.8 Å². The van der Waals surface area contributed by atoms with Crippen LogP contribution in [0.1, 0.15) is 36.7 Å². The van der Waals surface area contributed by atoms with Gasteiger partial charge in [0.05, 0.1) is 5.39 Å². The van der Waals surface area contributed by atoms with E-state index in [-0.39, 0.29) is 17.1 Å². The van der Waals surface area contributed by atoms with Crippen LogP contribution in [-0.4, -0.2) is 24.9 Å².